The van der Waals surface area contributed by atoms with Gasteiger partial charge in [-0.1, -0.05) is 32.0 Å². The molecule has 2 aromatic rings. The third-order valence-electron chi connectivity index (χ3n) is 3.81. The number of rotatable bonds is 7. The molecule has 1 unspecified atom stereocenters. The Morgan fingerprint density at radius 1 is 1.30 bits per heavy atom. The highest BCUT2D eigenvalue weighted by Crippen LogP contribution is 2.19. The first-order chi connectivity index (χ1) is 9.67. The van der Waals surface area contributed by atoms with Gasteiger partial charge in [-0.15, -0.1) is 0 Å². The van der Waals surface area contributed by atoms with Gasteiger partial charge in [0, 0.05) is 31.1 Å². The number of nitrogens with zero attached hydrogens (tertiary/aromatic N) is 2. The molecule has 4 nitrogen and oxygen atoms in total. The molecule has 0 fully saturated rings. The third-order valence-corrected chi connectivity index (χ3v) is 3.81. The summed E-state index contributed by atoms with van der Waals surface area (Å²) in [6.45, 7) is 8.31. The SMILES string of the molecule is CCn1nc(CNC(CCO)C(C)C)c2ccccc21. The van der Waals surface area contributed by atoms with Gasteiger partial charge in [0.25, 0.3) is 0 Å². The smallest absolute Gasteiger partial charge is 0.0841 e. The van der Waals surface area contributed by atoms with Gasteiger partial charge in [0.1, 0.15) is 0 Å². The van der Waals surface area contributed by atoms with Gasteiger partial charge in [-0.05, 0) is 25.3 Å². The van der Waals surface area contributed by atoms with Crippen LogP contribution in [0.1, 0.15) is 32.9 Å². The van der Waals surface area contributed by atoms with Crippen LogP contribution in [0, 0.1) is 5.92 Å². The molecular formula is C16H25N3O. The molecule has 0 amide bonds. The van der Waals surface area contributed by atoms with Gasteiger partial charge >= 0.3 is 0 Å². The molecule has 1 heterocycles. The Bertz CT molecular complexity index is 548. The molecule has 0 aliphatic heterocycles. The standard InChI is InChI=1S/C16H25N3O/c1-4-19-16-8-6-5-7-13(16)15(18-19)11-17-14(9-10-20)12(2)3/h5-8,12,14,17,20H,4,9-11H2,1-3H3. The topological polar surface area (TPSA) is 50.1 Å². The predicted octanol–water partition coefficient (Wildman–Crippen LogP) is 2.55. The molecule has 20 heavy (non-hydrogen) atoms. The van der Waals surface area contributed by atoms with Crippen molar-refractivity contribution in [3.8, 4) is 0 Å². The van der Waals surface area contributed by atoms with Crippen molar-refractivity contribution in [2.75, 3.05) is 6.61 Å². The van der Waals surface area contributed by atoms with E-state index in [0.29, 0.717) is 12.0 Å². The van der Waals surface area contributed by atoms with Crippen LogP contribution in [0.2, 0.25) is 0 Å². The van der Waals surface area contributed by atoms with Crippen LogP contribution in [0.25, 0.3) is 10.9 Å². The summed E-state index contributed by atoms with van der Waals surface area (Å²) < 4.78 is 2.04. The van der Waals surface area contributed by atoms with Crippen LogP contribution < -0.4 is 5.32 Å². The second-order valence-electron chi connectivity index (χ2n) is 5.52. The van der Waals surface area contributed by atoms with E-state index in [0.717, 1.165) is 25.2 Å². The number of aryl methyl sites for hydroxylation is 1. The molecular weight excluding hydrogens is 250 g/mol. The molecule has 4 heteroatoms. The Morgan fingerprint density at radius 2 is 2.05 bits per heavy atom. The Kier molecular flexibility index (Phi) is 5.15. The van der Waals surface area contributed by atoms with Crippen LogP contribution in [0.15, 0.2) is 24.3 Å². The largest absolute Gasteiger partial charge is 0.396 e. The summed E-state index contributed by atoms with van der Waals surface area (Å²) in [6.07, 6.45) is 0.782. The van der Waals surface area contributed by atoms with E-state index in [9.17, 15) is 0 Å². The second-order valence-corrected chi connectivity index (χ2v) is 5.52. The average molecular weight is 275 g/mol. The van der Waals surface area contributed by atoms with Gasteiger partial charge in [0.2, 0.25) is 0 Å². The normalized spacial score (nSPS) is 13.2. The van der Waals surface area contributed by atoms with Crippen LogP contribution in [0.3, 0.4) is 0 Å². The van der Waals surface area contributed by atoms with Crippen molar-refractivity contribution in [1.29, 1.82) is 0 Å². The van der Waals surface area contributed by atoms with Crippen molar-refractivity contribution in [2.45, 2.75) is 46.3 Å². The lowest BCUT2D eigenvalue weighted by Crippen LogP contribution is -2.34. The van der Waals surface area contributed by atoms with Gasteiger partial charge in [0.15, 0.2) is 0 Å². The number of aliphatic hydroxyl groups excluding tert-OH is 1. The van der Waals surface area contributed by atoms with Crippen LogP contribution in [-0.2, 0) is 13.1 Å². The first-order valence-electron chi connectivity index (χ1n) is 7.46. The van der Waals surface area contributed by atoms with Crippen LogP contribution in [-0.4, -0.2) is 27.5 Å². The molecule has 0 radical (unpaired) electrons. The number of hydrogen-bond donors (Lipinski definition) is 2. The number of benzene rings is 1. The van der Waals surface area contributed by atoms with Crippen LogP contribution in [0.5, 0.6) is 0 Å². The highest BCUT2D eigenvalue weighted by Gasteiger charge is 2.14. The average Bonchev–Trinajstić information content (AvgIpc) is 2.81. The molecule has 1 atom stereocenters. The van der Waals surface area contributed by atoms with E-state index in [1.165, 1.54) is 10.9 Å². The summed E-state index contributed by atoms with van der Waals surface area (Å²) in [4.78, 5) is 0. The molecule has 2 rings (SSSR count). The van der Waals surface area contributed by atoms with Crippen molar-refractivity contribution in [1.82, 2.24) is 15.1 Å². The van der Waals surface area contributed by atoms with E-state index < -0.39 is 0 Å². The fraction of sp³-hybridized carbons (Fsp3) is 0.562. The first kappa shape index (κ1) is 15.0. The lowest BCUT2D eigenvalue weighted by atomic mass is 10.0. The summed E-state index contributed by atoms with van der Waals surface area (Å²) >= 11 is 0. The molecule has 0 aliphatic rings. The minimum atomic E-state index is 0.222. The quantitative estimate of drug-likeness (QED) is 0.816. The molecule has 110 valence electrons. The summed E-state index contributed by atoms with van der Waals surface area (Å²) in [5.41, 5.74) is 2.28. The highest BCUT2D eigenvalue weighted by atomic mass is 16.3. The molecule has 0 saturated heterocycles. The fourth-order valence-corrected chi connectivity index (χ4v) is 2.61. The maximum Gasteiger partial charge on any atom is 0.0841 e. The second kappa shape index (κ2) is 6.86. The Labute approximate surface area is 120 Å². The molecule has 2 N–H and O–H groups in total. The van der Waals surface area contributed by atoms with Crippen molar-refractivity contribution >= 4 is 10.9 Å². The molecule has 0 spiro atoms. The third kappa shape index (κ3) is 3.19. The van der Waals surface area contributed by atoms with E-state index in [-0.39, 0.29) is 6.61 Å². The number of nitrogens with one attached hydrogen (secondary N) is 1. The summed E-state index contributed by atoms with van der Waals surface area (Å²) in [5.74, 6) is 0.502. The lowest BCUT2D eigenvalue weighted by molar-refractivity contribution is 0.243. The fourth-order valence-electron chi connectivity index (χ4n) is 2.61. The van der Waals surface area contributed by atoms with E-state index in [2.05, 4.69) is 50.4 Å². The molecule has 0 saturated carbocycles. The van der Waals surface area contributed by atoms with Crippen LogP contribution in [0.4, 0.5) is 0 Å². The maximum absolute atomic E-state index is 9.14. The lowest BCUT2D eigenvalue weighted by Gasteiger charge is -2.21. The first-order valence-corrected chi connectivity index (χ1v) is 7.46. The summed E-state index contributed by atoms with van der Waals surface area (Å²) in [6, 6.07) is 8.67. The summed E-state index contributed by atoms with van der Waals surface area (Å²) in [7, 11) is 0. The van der Waals surface area contributed by atoms with Gasteiger partial charge in [-0.2, -0.15) is 5.10 Å². The van der Waals surface area contributed by atoms with Gasteiger partial charge in [-0.25, -0.2) is 0 Å². The molecule has 1 aromatic heterocycles. The van der Waals surface area contributed by atoms with E-state index in [4.69, 9.17) is 10.2 Å². The van der Waals surface area contributed by atoms with Crippen molar-refractivity contribution < 1.29 is 5.11 Å². The van der Waals surface area contributed by atoms with Crippen molar-refractivity contribution in [2.24, 2.45) is 5.92 Å². The minimum Gasteiger partial charge on any atom is -0.396 e. The number of para-hydroxylation sites is 1. The zero-order valence-electron chi connectivity index (χ0n) is 12.6. The Balaban J connectivity index is 2.17. The van der Waals surface area contributed by atoms with Crippen LogP contribution >= 0.6 is 0 Å². The number of aliphatic hydroxyl groups is 1. The number of hydrogen-bond acceptors (Lipinski definition) is 3. The Hall–Kier alpha value is -1.39. The molecule has 1 aromatic carbocycles. The minimum absolute atomic E-state index is 0.222. The monoisotopic (exact) mass is 275 g/mol. The van der Waals surface area contributed by atoms with E-state index in [1.807, 2.05) is 4.68 Å². The van der Waals surface area contributed by atoms with Gasteiger partial charge < -0.3 is 10.4 Å². The van der Waals surface area contributed by atoms with E-state index >= 15 is 0 Å². The molecule has 0 aliphatic carbocycles. The summed E-state index contributed by atoms with van der Waals surface area (Å²) in [5, 5.41) is 18.6. The Morgan fingerprint density at radius 3 is 2.70 bits per heavy atom. The van der Waals surface area contributed by atoms with Crippen molar-refractivity contribution in [3.05, 3.63) is 30.0 Å². The van der Waals surface area contributed by atoms with Crippen molar-refractivity contribution in [3.63, 3.8) is 0 Å². The molecule has 0 bridgehead atoms. The van der Waals surface area contributed by atoms with Gasteiger partial charge in [0.05, 0.1) is 11.2 Å². The van der Waals surface area contributed by atoms with E-state index in [1.54, 1.807) is 0 Å². The zero-order chi connectivity index (χ0) is 14.5. The van der Waals surface area contributed by atoms with Gasteiger partial charge in [-0.3, -0.25) is 4.68 Å². The maximum atomic E-state index is 9.14. The number of aromatic nitrogens is 2. The highest BCUT2D eigenvalue weighted by molar-refractivity contribution is 5.81. The zero-order valence-corrected chi connectivity index (χ0v) is 12.6. The number of fused-ring (bicyclic) bond motifs is 1. The predicted molar refractivity (Wildman–Crippen MR) is 82.6 cm³/mol.